The monoisotopic (exact) mass is 261 g/mol. The minimum absolute atomic E-state index is 0.0107. The minimum Gasteiger partial charge on any atom is -0.359 e. The van der Waals surface area contributed by atoms with Crippen LogP contribution in [0.5, 0.6) is 0 Å². The number of benzene rings is 1. The van der Waals surface area contributed by atoms with E-state index in [0.29, 0.717) is 6.42 Å². The molecule has 1 aromatic carbocycles. The van der Waals surface area contributed by atoms with Crippen LogP contribution >= 0.6 is 0 Å². The van der Waals surface area contributed by atoms with Crippen molar-refractivity contribution in [3.05, 3.63) is 29.8 Å². The van der Waals surface area contributed by atoms with E-state index in [1.54, 1.807) is 7.05 Å². The van der Waals surface area contributed by atoms with Gasteiger partial charge in [-0.3, -0.25) is 9.59 Å². The molecule has 1 saturated heterocycles. The summed E-state index contributed by atoms with van der Waals surface area (Å²) < 4.78 is 0. The van der Waals surface area contributed by atoms with Crippen LogP contribution in [0.25, 0.3) is 0 Å². The summed E-state index contributed by atoms with van der Waals surface area (Å²) in [6.07, 6.45) is 2.29. The molecule has 0 spiro atoms. The lowest BCUT2D eigenvalue weighted by atomic mass is 10.1. The summed E-state index contributed by atoms with van der Waals surface area (Å²) in [6, 6.07) is 7.28. The van der Waals surface area contributed by atoms with Crippen molar-refractivity contribution in [2.24, 2.45) is 0 Å². The highest BCUT2D eigenvalue weighted by Gasteiger charge is 2.21. The number of rotatable bonds is 4. The van der Waals surface area contributed by atoms with E-state index in [1.165, 1.54) is 0 Å². The van der Waals surface area contributed by atoms with Gasteiger partial charge >= 0.3 is 0 Å². The first-order chi connectivity index (χ1) is 9.19. The molecule has 1 fully saturated rings. The van der Waals surface area contributed by atoms with E-state index in [2.05, 4.69) is 16.0 Å². The van der Waals surface area contributed by atoms with Crippen molar-refractivity contribution in [2.45, 2.75) is 25.3 Å². The number of carbonyl (C=O) groups excluding carboxylic acids is 2. The van der Waals surface area contributed by atoms with E-state index in [0.717, 1.165) is 30.6 Å². The Kier molecular flexibility index (Phi) is 4.52. The van der Waals surface area contributed by atoms with E-state index in [9.17, 15) is 9.59 Å². The van der Waals surface area contributed by atoms with Crippen LogP contribution in [-0.2, 0) is 16.0 Å². The lowest BCUT2D eigenvalue weighted by Crippen LogP contribution is -2.35. The molecule has 0 saturated carbocycles. The van der Waals surface area contributed by atoms with Gasteiger partial charge in [-0.2, -0.15) is 0 Å². The zero-order valence-corrected chi connectivity index (χ0v) is 11.0. The number of amides is 2. The Bertz CT molecular complexity index is 450. The van der Waals surface area contributed by atoms with E-state index in [4.69, 9.17) is 0 Å². The number of anilines is 1. The van der Waals surface area contributed by atoms with Crippen molar-refractivity contribution in [3.63, 3.8) is 0 Å². The molecule has 5 heteroatoms. The van der Waals surface area contributed by atoms with Gasteiger partial charge in [0.25, 0.3) is 0 Å². The molecule has 1 heterocycles. The predicted molar refractivity (Wildman–Crippen MR) is 73.9 cm³/mol. The summed E-state index contributed by atoms with van der Waals surface area (Å²) in [7, 11) is 1.62. The number of likely N-dealkylation sites (N-methyl/N-ethyl adjacent to an activating group) is 1. The number of hydrogen-bond acceptors (Lipinski definition) is 3. The molecular formula is C14H19N3O2. The number of nitrogens with one attached hydrogen (secondary N) is 3. The third kappa shape index (κ3) is 3.79. The van der Waals surface area contributed by atoms with Gasteiger partial charge in [0, 0.05) is 12.7 Å². The molecular weight excluding hydrogens is 242 g/mol. The van der Waals surface area contributed by atoms with Gasteiger partial charge in [-0.25, -0.2) is 0 Å². The minimum atomic E-state index is -0.0782. The Morgan fingerprint density at radius 1 is 1.32 bits per heavy atom. The van der Waals surface area contributed by atoms with E-state index >= 15 is 0 Å². The maximum absolute atomic E-state index is 11.9. The van der Waals surface area contributed by atoms with Crippen LogP contribution < -0.4 is 16.0 Å². The molecule has 3 N–H and O–H groups in total. The Labute approximate surface area is 112 Å². The normalized spacial score (nSPS) is 18.1. The molecule has 0 unspecified atom stereocenters. The molecule has 1 aliphatic heterocycles. The summed E-state index contributed by atoms with van der Waals surface area (Å²) in [5, 5.41) is 8.61. The van der Waals surface area contributed by atoms with Crippen LogP contribution in [0.4, 0.5) is 5.69 Å². The van der Waals surface area contributed by atoms with E-state index in [1.807, 2.05) is 24.3 Å². The van der Waals surface area contributed by atoms with Crippen LogP contribution in [0.3, 0.4) is 0 Å². The van der Waals surface area contributed by atoms with Crippen molar-refractivity contribution >= 4 is 17.5 Å². The quantitative estimate of drug-likeness (QED) is 0.746. The lowest BCUT2D eigenvalue weighted by molar-refractivity contribution is -0.120. The molecule has 1 atom stereocenters. The second-order valence-electron chi connectivity index (χ2n) is 4.69. The zero-order valence-electron chi connectivity index (χ0n) is 11.0. The molecule has 19 heavy (non-hydrogen) atoms. The molecule has 0 bridgehead atoms. The molecule has 2 amide bonds. The van der Waals surface area contributed by atoms with Gasteiger partial charge in [0.2, 0.25) is 11.8 Å². The molecule has 1 aromatic rings. The van der Waals surface area contributed by atoms with E-state index < -0.39 is 0 Å². The topological polar surface area (TPSA) is 70.2 Å². The molecule has 2 rings (SSSR count). The van der Waals surface area contributed by atoms with Crippen molar-refractivity contribution in [2.75, 3.05) is 18.9 Å². The Morgan fingerprint density at radius 2 is 2.05 bits per heavy atom. The van der Waals surface area contributed by atoms with Crippen molar-refractivity contribution in [1.82, 2.24) is 10.6 Å². The summed E-state index contributed by atoms with van der Waals surface area (Å²) in [6.45, 7) is 0.906. The summed E-state index contributed by atoms with van der Waals surface area (Å²) in [5.74, 6) is -0.0107. The summed E-state index contributed by atoms with van der Waals surface area (Å²) in [4.78, 5) is 23.1. The maximum Gasteiger partial charge on any atom is 0.241 e. The molecule has 5 nitrogen and oxygen atoms in total. The number of carbonyl (C=O) groups is 2. The van der Waals surface area contributed by atoms with Crippen molar-refractivity contribution in [1.29, 1.82) is 0 Å². The highest BCUT2D eigenvalue weighted by Crippen LogP contribution is 2.12. The highest BCUT2D eigenvalue weighted by molar-refractivity contribution is 5.95. The first-order valence-corrected chi connectivity index (χ1v) is 6.53. The Morgan fingerprint density at radius 3 is 2.63 bits per heavy atom. The molecule has 0 aliphatic carbocycles. The van der Waals surface area contributed by atoms with Gasteiger partial charge in [0.15, 0.2) is 0 Å². The fraction of sp³-hybridized carbons (Fsp3) is 0.429. The third-order valence-corrected chi connectivity index (χ3v) is 3.24. The van der Waals surface area contributed by atoms with Crippen LogP contribution in [0.15, 0.2) is 24.3 Å². The second-order valence-corrected chi connectivity index (χ2v) is 4.69. The first kappa shape index (κ1) is 13.5. The molecule has 0 aromatic heterocycles. The standard InChI is InChI=1S/C14H19N3O2/c1-15-13(18)9-10-4-6-11(7-5-10)17-14(19)12-3-2-8-16-12/h4-7,12,16H,2-3,8-9H2,1H3,(H,15,18)(H,17,19)/t12-/m0/s1. The highest BCUT2D eigenvalue weighted by atomic mass is 16.2. The van der Waals surface area contributed by atoms with Gasteiger partial charge in [-0.1, -0.05) is 12.1 Å². The average molecular weight is 261 g/mol. The Hall–Kier alpha value is -1.88. The Balaban J connectivity index is 1.91. The third-order valence-electron chi connectivity index (χ3n) is 3.24. The SMILES string of the molecule is CNC(=O)Cc1ccc(NC(=O)[C@@H]2CCCN2)cc1. The first-order valence-electron chi connectivity index (χ1n) is 6.53. The smallest absolute Gasteiger partial charge is 0.241 e. The van der Waals surface area contributed by atoms with Crippen LogP contribution in [-0.4, -0.2) is 31.4 Å². The summed E-state index contributed by atoms with van der Waals surface area (Å²) >= 11 is 0. The van der Waals surface area contributed by atoms with E-state index in [-0.39, 0.29) is 17.9 Å². The zero-order chi connectivity index (χ0) is 13.7. The molecule has 102 valence electrons. The van der Waals surface area contributed by atoms with Gasteiger partial charge in [-0.05, 0) is 37.1 Å². The van der Waals surface area contributed by atoms with Crippen molar-refractivity contribution < 1.29 is 9.59 Å². The van der Waals surface area contributed by atoms with Gasteiger partial charge in [-0.15, -0.1) is 0 Å². The van der Waals surface area contributed by atoms with Crippen LogP contribution in [0.1, 0.15) is 18.4 Å². The van der Waals surface area contributed by atoms with Gasteiger partial charge in [0.05, 0.1) is 12.5 Å². The summed E-state index contributed by atoms with van der Waals surface area (Å²) in [5.41, 5.74) is 1.69. The van der Waals surface area contributed by atoms with Crippen molar-refractivity contribution in [3.8, 4) is 0 Å². The maximum atomic E-state index is 11.9. The molecule has 0 radical (unpaired) electrons. The van der Waals surface area contributed by atoms with Crippen LogP contribution in [0.2, 0.25) is 0 Å². The second kappa shape index (κ2) is 6.33. The van der Waals surface area contributed by atoms with Crippen LogP contribution in [0, 0.1) is 0 Å². The molecule has 1 aliphatic rings. The van der Waals surface area contributed by atoms with Gasteiger partial charge < -0.3 is 16.0 Å². The largest absolute Gasteiger partial charge is 0.359 e. The fourth-order valence-corrected chi connectivity index (χ4v) is 2.12. The predicted octanol–water partition coefficient (Wildman–Crippen LogP) is 0.666. The van der Waals surface area contributed by atoms with Gasteiger partial charge in [0.1, 0.15) is 0 Å². The lowest BCUT2D eigenvalue weighted by Gasteiger charge is -2.11. The number of hydrogen-bond donors (Lipinski definition) is 3. The fourth-order valence-electron chi connectivity index (χ4n) is 2.12. The average Bonchev–Trinajstić information content (AvgIpc) is 2.95.